The maximum atomic E-state index is 13.2. The average molecular weight is 258 g/mol. The molecule has 0 fully saturated rings. The lowest BCUT2D eigenvalue weighted by Crippen LogP contribution is -2.10. The van der Waals surface area contributed by atoms with Crippen molar-refractivity contribution in [3.05, 3.63) is 70.5 Å². The van der Waals surface area contributed by atoms with Gasteiger partial charge in [-0.05, 0) is 30.7 Å². The standard InChI is InChI=1S/C15H11FO3/c1-9-6-7-10(16)8-13(9)14(17)11-4-2-3-5-12(11)15(18)19/h2-8H,1H3,(H,18,19). The van der Waals surface area contributed by atoms with Gasteiger partial charge in [0.15, 0.2) is 5.78 Å². The van der Waals surface area contributed by atoms with Gasteiger partial charge >= 0.3 is 5.97 Å². The lowest BCUT2D eigenvalue weighted by molar-refractivity contribution is 0.0693. The number of benzene rings is 2. The number of carbonyl (C=O) groups is 2. The van der Waals surface area contributed by atoms with Crippen LogP contribution in [0.15, 0.2) is 42.5 Å². The molecule has 0 radical (unpaired) electrons. The van der Waals surface area contributed by atoms with Crippen molar-refractivity contribution >= 4 is 11.8 Å². The monoisotopic (exact) mass is 258 g/mol. The minimum atomic E-state index is -1.18. The van der Waals surface area contributed by atoms with Crippen molar-refractivity contribution in [2.24, 2.45) is 0 Å². The van der Waals surface area contributed by atoms with E-state index in [1.807, 2.05) is 0 Å². The van der Waals surface area contributed by atoms with Gasteiger partial charge in [-0.25, -0.2) is 9.18 Å². The van der Waals surface area contributed by atoms with Crippen LogP contribution in [0.25, 0.3) is 0 Å². The molecule has 0 atom stereocenters. The zero-order valence-corrected chi connectivity index (χ0v) is 10.2. The molecule has 4 heteroatoms. The molecule has 0 aliphatic carbocycles. The third-order valence-corrected chi connectivity index (χ3v) is 2.85. The van der Waals surface area contributed by atoms with Crippen LogP contribution in [0.3, 0.4) is 0 Å². The summed E-state index contributed by atoms with van der Waals surface area (Å²) in [5, 5.41) is 9.06. The zero-order chi connectivity index (χ0) is 14.0. The predicted molar refractivity (Wildman–Crippen MR) is 68.0 cm³/mol. The summed E-state index contributed by atoms with van der Waals surface area (Å²) in [6.45, 7) is 1.68. The molecule has 2 aromatic rings. The normalized spacial score (nSPS) is 10.2. The van der Waals surface area contributed by atoms with Crippen molar-refractivity contribution in [1.82, 2.24) is 0 Å². The summed E-state index contributed by atoms with van der Waals surface area (Å²) < 4.78 is 13.2. The minimum Gasteiger partial charge on any atom is -0.478 e. The van der Waals surface area contributed by atoms with E-state index < -0.39 is 17.6 Å². The van der Waals surface area contributed by atoms with Crippen LogP contribution in [0.5, 0.6) is 0 Å². The largest absolute Gasteiger partial charge is 0.478 e. The number of rotatable bonds is 3. The minimum absolute atomic E-state index is 0.0590. The third kappa shape index (κ3) is 2.52. The second-order valence-electron chi connectivity index (χ2n) is 4.14. The number of aryl methyl sites for hydroxylation is 1. The lowest BCUT2D eigenvalue weighted by Gasteiger charge is -2.07. The fourth-order valence-electron chi connectivity index (χ4n) is 1.85. The molecule has 2 rings (SSSR count). The Morgan fingerprint density at radius 3 is 2.26 bits per heavy atom. The quantitative estimate of drug-likeness (QED) is 0.861. The van der Waals surface area contributed by atoms with Gasteiger partial charge in [0.25, 0.3) is 0 Å². The Hall–Kier alpha value is -2.49. The van der Waals surface area contributed by atoms with Crippen LogP contribution < -0.4 is 0 Å². The van der Waals surface area contributed by atoms with Crippen molar-refractivity contribution in [1.29, 1.82) is 0 Å². The highest BCUT2D eigenvalue weighted by atomic mass is 19.1. The molecule has 0 bridgehead atoms. The van der Waals surface area contributed by atoms with Gasteiger partial charge < -0.3 is 5.11 Å². The summed E-state index contributed by atoms with van der Waals surface area (Å²) >= 11 is 0. The van der Waals surface area contributed by atoms with Crippen molar-refractivity contribution in [2.75, 3.05) is 0 Å². The van der Waals surface area contributed by atoms with Gasteiger partial charge in [-0.1, -0.05) is 24.3 Å². The van der Waals surface area contributed by atoms with Gasteiger partial charge in [0.2, 0.25) is 0 Å². The topological polar surface area (TPSA) is 54.4 Å². The van der Waals surface area contributed by atoms with Gasteiger partial charge in [-0.2, -0.15) is 0 Å². The first kappa shape index (κ1) is 13.0. The number of hydrogen-bond donors (Lipinski definition) is 1. The van der Waals surface area contributed by atoms with Gasteiger partial charge in [0, 0.05) is 11.1 Å². The third-order valence-electron chi connectivity index (χ3n) is 2.85. The number of carboxylic acids is 1. The Bertz CT molecular complexity index is 662. The van der Waals surface area contributed by atoms with E-state index in [-0.39, 0.29) is 16.7 Å². The average Bonchev–Trinajstić information content (AvgIpc) is 2.40. The molecule has 19 heavy (non-hydrogen) atoms. The van der Waals surface area contributed by atoms with Crippen LogP contribution in [0, 0.1) is 12.7 Å². The van der Waals surface area contributed by atoms with Gasteiger partial charge in [0.05, 0.1) is 5.56 Å². The lowest BCUT2D eigenvalue weighted by atomic mass is 9.95. The first-order valence-electron chi connectivity index (χ1n) is 5.64. The van der Waals surface area contributed by atoms with E-state index in [1.165, 1.54) is 24.3 Å². The van der Waals surface area contributed by atoms with E-state index in [9.17, 15) is 14.0 Å². The molecule has 0 saturated carbocycles. The number of halogens is 1. The summed E-state index contributed by atoms with van der Waals surface area (Å²) in [5.74, 6) is -2.20. The molecule has 3 nitrogen and oxygen atoms in total. The first-order chi connectivity index (χ1) is 9.00. The molecular formula is C15H11FO3. The van der Waals surface area contributed by atoms with E-state index in [2.05, 4.69) is 0 Å². The van der Waals surface area contributed by atoms with Crippen LogP contribution >= 0.6 is 0 Å². The summed E-state index contributed by atoms with van der Waals surface area (Å²) in [6, 6.07) is 9.77. The van der Waals surface area contributed by atoms with Crippen LogP contribution in [-0.2, 0) is 0 Å². The second kappa shape index (κ2) is 5.02. The molecule has 0 aromatic heterocycles. The highest BCUT2D eigenvalue weighted by molar-refractivity contribution is 6.14. The van der Waals surface area contributed by atoms with E-state index in [1.54, 1.807) is 19.1 Å². The van der Waals surface area contributed by atoms with Crippen LogP contribution in [-0.4, -0.2) is 16.9 Å². The smallest absolute Gasteiger partial charge is 0.336 e. The summed E-state index contributed by atoms with van der Waals surface area (Å²) in [7, 11) is 0. The number of aromatic carboxylic acids is 1. The Labute approximate surface area is 109 Å². The van der Waals surface area contributed by atoms with Crippen molar-refractivity contribution < 1.29 is 19.1 Å². The van der Waals surface area contributed by atoms with Crippen molar-refractivity contribution in [2.45, 2.75) is 6.92 Å². The molecule has 0 aliphatic heterocycles. The van der Waals surface area contributed by atoms with E-state index >= 15 is 0 Å². The number of carboxylic acid groups (broad SMARTS) is 1. The summed E-state index contributed by atoms with van der Waals surface area (Å²) in [4.78, 5) is 23.4. The highest BCUT2D eigenvalue weighted by Crippen LogP contribution is 2.18. The van der Waals surface area contributed by atoms with Crippen LogP contribution in [0.4, 0.5) is 4.39 Å². The van der Waals surface area contributed by atoms with E-state index in [0.717, 1.165) is 6.07 Å². The Morgan fingerprint density at radius 1 is 1.00 bits per heavy atom. The van der Waals surface area contributed by atoms with E-state index in [4.69, 9.17) is 5.11 Å². The van der Waals surface area contributed by atoms with Crippen molar-refractivity contribution in [3.8, 4) is 0 Å². The number of hydrogen-bond acceptors (Lipinski definition) is 2. The van der Waals surface area contributed by atoms with E-state index in [0.29, 0.717) is 5.56 Å². The molecule has 2 aromatic carbocycles. The first-order valence-corrected chi connectivity index (χ1v) is 5.64. The van der Waals surface area contributed by atoms with Crippen molar-refractivity contribution in [3.63, 3.8) is 0 Å². The zero-order valence-electron chi connectivity index (χ0n) is 10.2. The molecule has 0 aliphatic rings. The maximum absolute atomic E-state index is 13.2. The summed E-state index contributed by atoms with van der Waals surface area (Å²) in [5.41, 5.74) is 0.750. The fourth-order valence-corrected chi connectivity index (χ4v) is 1.85. The molecule has 0 spiro atoms. The predicted octanol–water partition coefficient (Wildman–Crippen LogP) is 3.06. The SMILES string of the molecule is Cc1ccc(F)cc1C(=O)c1ccccc1C(=O)O. The number of ketones is 1. The maximum Gasteiger partial charge on any atom is 0.336 e. The van der Waals surface area contributed by atoms with Crippen LogP contribution in [0.1, 0.15) is 31.8 Å². The molecule has 0 saturated heterocycles. The Kier molecular flexibility index (Phi) is 3.42. The second-order valence-corrected chi connectivity index (χ2v) is 4.14. The van der Waals surface area contributed by atoms with Gasteiger partial charge in [-0.15, -0.1) is 0 Å². The molecule has 96 valence electrons. The van der Waals surface area contributed by atoms with Gasteiger partial charge in [-0.3, -0.25) is 4.79 Å². The molecular weight excluding hydrogens is 247 g/mol. The molecule has 0 amide bonds. The Balaban J connectivity index is 2.56. The Morgan fingerprint density at radius 2 is 1.63 bits per heavy atom. The van der Waals surface area contributed by atoms with Gasteiger partial charge in [0.1, 0.15) is 5.82 Å². The molecule has 0 heterocycles. The fraction of sp³-hybridized carbons (Fsp3) is 0.0667. The highest BCUT2D eigenvalue weighted by Gasteiger charge is 2.19. The number of carbonyl (C=O) groups excluding carboxylic acids is 1. The molecule has 0 unspecified atom stereocenters. The summed E-state index contributed by atoms with van der Waals surface area (Å²) in [6.07, 6.45) is 0. The molecule has 1 N–H and O–H groups in total. The van der Waals surface area contributed by atoms with Crippen LogP contribution in [0.2, 0.25) is 0 Å².